The lowest BCUT2D eigenvalue weighted by atomic mass is 10.2. The molecule has 4 heterocycles. The summed E-state index contributed by atoms with van der Waals surface area (Å²) in [5.74, 6) is -0.794. The van der Waals surface area contributed by atoms with Crippen molar-refractivity contribution in [3.05, 3.63) is 54.8 Å². The Morgan fingerprint density at radius 1 is 1.17 bits per heavy atom. The highest BCUT2D eigenvalue weighted by Gasteiger charge is 2.37. The number of fused-ring (bicyclic) bond motifs is 1. The number of pyridine rings is 1. The molecule has 0 radical (unpaired) electrons. The van der Waals surface area contributed by atoms with Gasteiger partial charge in [-0.1, -0.05) is 6.08 Å². The molecule has 0 aliphatic rings. The molecule has 0 saturated heterocycles. The van der Waals surface area contributed by atoms with Crippen molar-refractivity contribution in [2.75, 3.05) is 0 Å². The van der Waals surface area contributed by atoms with Crippen molar-refractivity contribution in [2.24, 2.45) is 0 Å². The maximum atomic E-state index is 13.0. The zero-order chi connectivity index (χ0) is 20.6. The third kappa shape index (κ3) is 3.70. The molecule has 4 aromatic heterocycles. The summed E-state index contributed by atoms with van der Waals surface area (Å²) in [5.41, 5.74) is 1.31. The van der Waals surface area contributed by atoms with Crippen LogP contribution in [0, 0.1) is 6.92 Å². The standard InChI is InChI=1S/C17H13F3N8S/c1-3-8-27-13(11-4-6-21-7-5-11)24-25-16(27)29-12-9-10(2)22-15-23-14(17(18,19)20)26-28(12)15/h3-7,9H,1,8H2,2H3. The highest BCUT2D eigenvalue weighted by Crippen LogP contribution is 2.32. The van der Waals surface area contributed by atoms with Gasteiger partial charge in [-0.2, -0.15) is 22.7 Å². The largest absolute Gasteiger partial charge is 0.453 e. The van der Waals surface area contributed by atoms with Gasteiger partial charge < -0.3 is 0 Å². The molecule has 0 fully saturated rings. The van der Waals surface area contributed by atoms with Crippen LogP contribution in [0.2, 0.25) is 0 Å². The normalized spacial score (nSPS) is 11.9. The van der Waals surface area contributed by atoms with Gasteiger partial charge in [-0.3, -0.25) is 9.55 Å². The number of aryl methyl sites for hydroxylation is 1. The van der Waals surface area contributed by atoms with Crippen LogP contribution in [0.1, 0.15) is 11.5 Å². The van der Waals surface area contributed by atoms with Crippen LogP contribution in [0.15, 0.2) is 53.4 Å². The molecule has 4 aromatic rings. The summed E-state index contributed by atoms with van der Waals surface area (Å²) in [5, 5.41) is 12.8. The van der Waals surface area contributed by atoms with E-state index in [9.17, 15) is 13.2 Å². The first-order valence-corrected chi connectivity index (χ1v) is 9.12. The summed E-state index contributed by atoms with van der Waals surface area (Å²) in [7, 11) is 0. The zero-order valence-corrected chi connectivity index (χ0v) is 15.8. The molecule has 0 spiro atoms. The van der Waals surface area contributed by atoms with Crippen molar-refractivity contribution in [1.29, 1.82) is 0 Å². The number of aromatic nitrogens is 8. The molecule has 29 heavy (non-hydrogen) atoms. The molecule has 12 heteroatoms. The van der Waals surface area contributed by atoms with Crippen molar-refractivity contribution in [3.8, 4) is 11.4 Å². The van der Waals surface area contributed by atoms with Gasteiger partial charge in [0.2, 0.25) is 0 Å². The van der Waals surface area contributed by atoms with Crippen LogP contribution in [0.3, 0.4) is 0 Å². The van der Waals surface area contributed by atoms with Crippen molar-refractivity contribution < 1.29 is 13.2 Å². The molecule has 0 aliphatic heterocycles. The van der Waals surface area contributed by atoms with Crippen LogP contribution in [0.5, 0.6) is 0 Å². The van der Waals surface area contributed by atoms with E-state index in [1.807, 2.05) is 0 Å². The monoisotopic (exact) mass is 418 g/mol. The Bertz CT molecular complexity index is 1180. The van der Waals surface area contributed by atoms with E-state index >= 15 is 0 Å². The molecular weight excluding hydrogens is 405 g/mol. The summed E-state index contributed by atoms with van der Waals surface area (Å²) >= 11 is 1.12. The lowest BCUT2D eigenvalue weighted by molar-refractivity contribution is -0.144. The van der Waals surface area contributed by atoms with Gasteiger partial charge in [-0.15, -0.1) is 21.9 Å². The maximum Gasteiger partial charge on any atom is 0.453 e. The molecule has 0 unspecified atom stereocenters. The first-order valence-electron chi connectivity index (χ1n) is 8.31. The predicted molar refractivity (Wildman–Crippen MR) is 98.1 cm³/mol. The van der Waals surface area contributed by atoms with Gasteiger partial charge in [0.15, 0.2) is 11.0 Å². The average Bonchev–Trinajstić information content (AvgIpc) is 3.27. The van der Waals surface area contributed by atoms with E-state index in [0.29, 0.717) is 28.2 Å². The molecule has 0 aromatic carbocycles. The fraction of sp³-hybridized carbons (Fsp3) is 0.176. The Labute approximate surface area is 166 Å². The topological polar surface area (TPSA) is 86.7 Å². The smallest absolute Gasteiger partial charge is 0.298 e. The Hall–Kier alpha value is -3.28. The Morgan fingerprint density at radius 3 is 2.62 bits per heavy atom. The van der Waals surface area contributed by atoms with E-state index in [2.05, 4.69) is 36.8 Å². The van der Waals surface area contributed by atoms with Crippen LogP contribution < -0.4 is 0 Å². The molecule has 0 amide bonds. The van der Waals surface area contributed by atoms with Gasteiger partial charge in [-0.25, -0.2) is 4.98 Å². The van der Waals surface area contributed by atoms with E-state index in [1.54, 1.807) is 48.2 Å². The second kappa shape index (κ2) is 7.28. The third-order valence-corrected chi connectivity index (χ3v) is 4.81. The van der Waals surface area contributed by atoms with Crippen molar-refractivity contribution in [2.45, 2.75) is 29.8 Å². The maximum absolute atomic E-state index is 13.0. The zero-order valence-electron chi connectivity index (χ0n) is 15.0. The minimum absolute atomic E-state index is 0.135. The van der Waals surface area contributed by atoms with Gasteiger partial charge >= 0.3 is 6.18 Å². The van der Waals surface area contributed by atoms with Crippen LogP contribution in [-0.4, -0.2) is 39.3 Å². The number of alkyl halides is 3. The third-order valence-electron chi connectivity index (χ3n) is 3.82. The van der Waals surface area contributed by atoms with Gasteiger partial charge in [0.1, 0.15) is 5.03 Å². The Kier molecular flexibility index (Phi) is 4.78. The molecule has 0 bridgehead atoms. The minimum Gasteiger partial charge on any atom is -0.298 e. The van der Waals surface area contributed by atoms with Gasteiger partial charge in [-0.05, 0) is 36.9 Å². The Morgan fingerprint density at radius 2 is 1.93 bits per heavy atom. The van der Waals surface area contributed by atoms with Crippen molar-refractivity contribution in [1.82, 2.24) is 39.3 Å². The summed E-state index contributed by atoms with van der Waals surface area (Å²) in [6, 6.07) is 5.20. The average molecular weight is 418 g/mol. The fourth-order valence-corrected chi connectivity index (χ4v) is 3.59. The molecular formula is C17H13F3N8S. The SMILES string of the molecule is C=CCn1c(Sc2cc(C)nc3nc(C(F)(F)F)nn23)nnc1-c1ccncc1. The van der Waals surface area contributed by atoms with Gasteiger partial charge in [0.25, 0.3) is 11.6 Å². The lowest BCUT2D eigenvalue weighted by Crippen LogP contribution is -2.08. The molecule has 0 saturated carbocycles. The van der Waals surface area contributed by atoms with Gasteiger partial charge in [0, 0.05) is 30.2 Å². The number of nitrogens with zero attached hydrogens (tertiary/aromatic N) is 8. The van der Waals surface area contributed by atoms with Crippen LogP contribution in [0.25, 0.3) is 17.2 Å². The molecule has 8 nitrogen and oxygen atoms in total. The molecule has 0 atom stereocenters. The van der Waals surface area contributed by atoms with Crippen molar-refractivity contribution in [3.63, 3.8) is 0 Å². The minimum atomic E-state index is -4.67. The number of rotatable bonds is 5. The highest BCUT2D eigenvalue weighted by molar-refractivity contribution is 7.99. The number of hydrogen-bond acceptors (Lipinski definition) is 7. The quantitative estimate of drug-likeness (QED) is 0.362. The summed E-state index contributed by atoms with van der Waals surface area (Å²) in [4.78, 5) is 11.5. The molecule has 148 valence electrons. The molecule has 4 rings (SSSR count). The molecule has 0 N–H and O–H groups in total. The first kappa shape index (κ1) is 19.1. The van der Waals surface area contributed by atoms with E-state index in [-0.39, 0.29) is 5.78 Å². The lowest BCUT2D eigenvalue weighted by Gasteiger charge is -2.08. The summed E-state index contributed by atoms with van der Waals surface area (Å²) < 4.78 is 41.9. The van der Waals surface area contributed by atoms with E-state index in [4.69, 9.17) is 0 Å². The number of hydrogen-bond donors (Lipinski definition) is 0. The first-order chi connectivity index (χ1) is 13.9. The van der Waals surface area contributed by atoms with Crippen LogP contribution in [-0.2, 0) is 12.7 Å². The van der Waals surface area contributed by atoms with E-state index < -0.39 is 12.0 Å². The number of halogens is 3. The van der Waals surface area contributed by atoms with Crippen LogP contribution in [0.4, 0.5) is 13.2 Å². The highest BCUT2D eigenvalue weighted by atomic mass is 32.2. The summed E-state index contributed by atoms with van der Waals surface area (Å²) in [6.07, 6.45) is 0.293. The van der Waals surface area contributed by atoms with E-state index in [0.717, 1.165) is 21.8 Å². The predicted octanol–water partition coefficient (Wildman–Crippen LogP) is 3.44. The summed E-state index contributed by atoms with van der Waals surface area (Å²) in [6.45, 7) is 5.83. The fourth-order valence-electron chi connectivity index (χ4n) is 2.61. The van der Waals surface area contributed by atoms with Gasteiger partial charge in [0.05, 0.1) is 0 Å². The van der Waals surface area contributed by atoms with E-state index in [1.165, 1.54) is 0 Å². The Balaban J connectivity index is 1.80. The second-order valence-corrected chi connectivity index (χ2v) is 6.91. The second-order valence-electron chi connectivity index (χ2n) is 5.92. The van der Waals surface area contributed by atoms with Crippen molar-refractivity contribution >= 4 is 17.5 Å². The number of allylic oxidation sites excluding steroid dienone is 1. The molecule has 0 aliphatic carbocycles. The van der Waals surface area contributed by atoms with Crippen LogP contribution >= 0.6 is 11.8 Å².